The molecular weight excluding hydrogens is 324 g/mol. The molecule has 1 N–H and O–H groups in total. The summed E-state index contributed by atoms with van der Waals surface area (Å²) < 4.78 is 26.7. The molecule has 23 heavy (non-hydrogen) atoms. The van der Waals surface area contributed by atoms with Gasteiger partial charge in [0.15, 0.2) is 0 Å². The molecule has 0 amide bonds. The average molecular weight is 342 g/mol. The Morgan fingerprint density at radius 2 is 2.04 bits per heavy atom. The number of nitro benzene ring substituents is 1. The number of hydrogen-bond acceptors (Lipinski definition) is 5. The number of carbonyl (C=O) groups is 1. The molecule has 1 aromatic carbocycles. The number of hydrogen-bond donors (Lipinski definition) is 1. The molecule has 0 bridgehead atoms. The van der Waals surface area contributed by atoms with Gasteiger partial charge in [-0.1, -0.05) is 6.92 Å². The maximum absolute atomic E-state index is 12.8. The van der Waals surface area contributed by atoms with E-state index in [4.69, 9.17) is 5.11 Å². The quantitative estimate of drug-likeness (QED) is 0.656. The Hall–Kier alpha value is -2.00. The molecular formula is C14H18N2O6S. The van der Waals surface area contributed by atoms with Crippen molar-refractivity contribution in [2.24, 2.45) is 11.8 Å². The summed E-state index contributed by atoms with van der Waals surface area (Å²) in [4.78, 5) is 21.3. The number of aliphatic carboxylic acids is 1. The van der Waals surface area contributed by atoms with Crippen molar-refractivity contribution >= 4 is 21.7 Å². The van der Waals surface area contributed by atoms with Gasteiger partial charge < -0.3 is 5.11 Å². The Morgan fingerprint density at radius 1 is 1.39 bits per heavy atom. The van der Waals surface area contributed by atoms with Gasteiger partial charge in [0.1, 0.15) is 0 Å². The van der Waals surface area contributed by atoms with Gasteiger partial charge in [-0.2, -0.15) is 4.31 Å². The van der Waals surface area contributed by atoms with Gasteiger partial charge in [0.25, 0.3) is 5.69 Å². The van der Waals surface area contributed by atoms with Gasteiger partial charge in [-0.25, -0.2) is 8.42 Å². The van der Waals surface area contributed by atoms with Crippen molar-refractivity contribution < 1.29 is 23.2 Å². The van der Waals surface area contributed by atoms with Crippen molar-refractivity contribution in [2.45, 2.75) is 25.2 Å². The van der Waals surface area contributed by atoms with Gasteiger partial charge in [-0.3, -0.25) is 14.9 Å². The summed E-state index contributed by atoms with van der Waals surface area (Å²) in [5, 5.41) is 19.9. The van der Waals surface area contributed by atoms with E-state index >= 15 is 0 Å². The number of nitro groups is 1. The number of rotatable bonds is 4. The molecule has 2 rings (SSSR count). The van der Waals surface area contributed by atoms with Gasteiger partial charge in [-0.15, -0.1) is 0 Å². The Balaban J connectivity index is 2.38. The van der Waals surface area contributed by atoms with E-state index in [9.17, 15) is 23.3 Å². The van der Waals surface area contributed by atoms with E-state index in [2.05, 4.69) is 0 Å². The highest BCUT2D eigenvalue weighted by molar-refractivity contribution is 7.89. The average Bonchev–Trinajstić information content (AvgIpc) is 2.45. The highest BCUT2D eigenvalue weighted by atomic mass is 32.2. The topological polar surface area (TPSA) is 118 Å². The molecule has 1 saturated heterocycles. The minimum absolute atomic E-state index is 0.0265. The fourth-order valence-electron chi connectivity index (χ4n) is 2.85. The zero-order valence-corrected chi connectivity index (χ0v) is 13.6. The number of aryl methyl sites for hydroxylation is 1. The lowest BCUT2D eigenvalue weighted by molar-refractivity contribution is -0.385. The van der Waals surface area contributed by atoms with E-state index in [-0.39, 0.29) is 35.2 Å². The van der Waals surface area contributed by atoms with E-state index in [1.54, 1.807) is 6.92 Å². The van der Waals surface area contributed by atoms with Crippen LogP contribution in [0.1, 0.15) is 18.9 Å². The molecule has 0 radical (unpaired) electrons. The van der Waals surface area contributed by atoms with Gasteiger partial charge >= 0.3 is 5.97 Å². The molecule has 0 spiro atoms. The monoisotopic (exact) mass is 342 g/mol. The first-order valence-corrected chi connectivity index (χ1v) is 8.55. The first kappa shape index (κ1) is 17.4. The third kappa shape index (κ3) is 3.50. The normalized spacial score (nSPS) is 22.7. The molecule has 2 atom stereocenters. The molecule has 9 heteroatoms. The maximum atomic E-state index is 12.8. The third-order valence-electron chi connectivity index (χ3n) is 3.96. The lowest BCUT2D eigenvalue weighted by Crippen LogP contribution is -2.45. The van der Waals surface area contributed by atoms with Crippen molar-refractivity contribution in [3.8, 4) is 0 Å². The summed E-state index contributed by atoms with van der Waals surface area (Å²) in [6.45, 7) is 3.45. The van der Waals surface area contributed by atoms with Gasteiger partial charge in [0.05, 0.1) is 15.7 Å². The number of nitrogens with zero attached hydrogens (tertiary/aromatic N) is 2. The number of carboxylic acids is 1. The zero-order chi connectivity index (χ0) is 17.4. The standard InChI is InChI=1S/C14H18N2O6S/c1-9-5-11(14(17)18)8-15(7-9)23(21,22)13-4-3-12(16(19)20)6-10(13)2/h3-4,6,9,11H,5,7-8H2,1-2H3,(H,17,18). The van der Waals surface area contributed by atoms with E-state index in [1.807, 2.05) is 0 Å². The number of piperidine rings is 1. The molecule has 126 valence electrons. The highest BCUT2D eigenvalue weighted by Crippen LogP contribution is 2.29. The van der Waals surface area contributed by atoms with Crippen LogP contribution in [0.3, 0.4) is 0 Å². The van der Waals surface area contributed by atoms with Crippen molar-refractivity contribution in [3.63, 3.8) is 0 Å². The van der Waals surface area contributed by atoms with Crippen molar-refractivity contribution in [3.05, 3.63) is 33.9 Å². The Kier molecular flexibility index (Phi) is 4.71. The van der Waals surface area contributed by atoms with Crippen LogP contribution in [0.15, 0.2) is 23.1 Å². The van der Waals surface area contributed by atoms with Crippen LogP contribution in [0.5, 0.6) is 0 Å². The fourth-order valence-corrected chi connectivity index (χ4v) is 4.66. The Labute approximate surface area is 133 Å². The second kappa shape index (κ2) is 6.25. The molecule has 1 heterocycles. The largest absolute Gasteiger partial charge is 0.481 e. The smallest absolute Gasteiger partial charge is 0.307 e. The van der Waals surface area contributed by atoms with Crippen molar-refractivity contribution in [1.82, 2.24) is 4.31 Å². The van der Waals surface area contributed by atoms with Gasteiger partial charge in [0, 0.05) is 25.2 Å². The maximum Gasteiger partial charge on any atom is 0.307 e. The Morgan fingerprint density at radius 3 is 2.57 bits per heavy atom. The fraction of sp³-hybridized carbons (Fsp3) is 0.500. The molecule has 1 aliphatic rings. The summed E-state index contributed by atoms with van der Waals surface area (Å²) >= 11 is 0. The minimum Gasteiger partial charge on any atom is -0.481 e. The second-order valence-corrected chi connectivity index (χ2v) is 7.81. The molecule has 1 aromatic rings. The Bertz CT molecular complexity index is 746. The van der Waals surface area contributed by atoms with Gasteiger partial charge in [0.2, 0.25) is 10.0 Å². The van der Waals surface area contributed by atoms with Crippen molar-refractivity contribution in [2.75, 3.05) is 13.1 Å². The summed E-state index contributed by atoms with van der Waals surface area (Å²) in [6, 6.07) is 3.55. The van der Waals surface area contributed by atoms with Crippen molar-refractivity contribution in [1.29, 1.82) is 0 Å². The minimum atomic E-state index is -3.89. The molecule has 1 fully saturated rings. The number of carboxylic acid groups (broad SMARTS) is 1. The lowest BCUT2D eigenvalue weighted by Gasteiger charge is -2.34. The third-order valence-corrected chi connectivity index (χ3v) is 5.95. The second-order valence-electron chi connectivity index (χ2n) is 5.90. The molecule has 0 saturated carbocycles. The van der Waals surface area contributed by atoms with Crippen LogP contribution in [0.25, 0.3) is 0 Å². The van der Waals surface area contributed by atoms with E-state index < -0.39 is 26.8 Å². The molecule has 0 aromatic heterocycles. The van der Waals surface area contributed by atoms with E-state index in [1.165, 1.54) is 19.1 Å². The summed E-state index contributed by atoms with van der Waals surface area (Å²) in [5.41, 5.74) is 0.0844. The summed E-state index contributed by atoms with van der Waals surface area (Å²) in [7, 11) is -3.89. The number of benzene rings is 1. The van der Waals surface area contributed by atoms with Crippen LogP contribution in [0.4, 0.5) is 5.69 Å². The van der Waals surface area contributed by atoms with Crippen LogP contribution in [-0.2, 0) is 14.8 Å². The number of non-ortho nitro benzene ring substituents is 1. The molecule has 0 aliphatic carbocycles. The van der Waals surface area contributed by atoms with Crippen LogP contribution >= 0.6 is 0 Å². The van der Waals surface area contributed by atoms with Crippen LogP contribution < -0.4 is 0 Å². The summed E-state index contributed by atoms with van der Waals surface area (Å²) in [6.07, 6.45) is 0.431. The molecule has 8 nitrogen and oxygen atoms in total. The SMILES string of the molecule is Cc1cc([N+](=O)[O-])ccc1S(=O)(=O)N1CC(C)CC(C(=O)O)C1. The number of sulfonamides is 1. The first-order valence-electron chi connectivity index (χ1n) is 7.11. The molecule has 2 unspecified atom stereocenters. The van der Waals surface area contributed by atoms with Crippen LogP contribution in [0, 0.1) is 28.9 Å². The lowest BCUT2D eigenvalue weighted by atomic mass is 9.92. The zero-order valence-electron chi connectivity index (χ0n) is 12.8. The summed E-state index contributed by atoms with van der Waals surface area (Å²) in [5.74, 6) is -1.83. The van der Waals surface area contributed by atoms with Crippen LogP contribution in [0.2, 0.25) is 0 Å². The van der Waals surface area contributed by atoms with E-state index in [0.717, 1.165) is 10.4 Å². The predicted octanol–water partition coefficient (Wildman–Crippen LogP) is 1.63. The van der Waals surface area contributed by atoms with E-state index in [0.29, 0.717) is 6.42 Å². The predicted molar refractivity (Wildman–Crippen MR) is 81.5 cm³/mol. The highest BCUT2D eigenvalue weighted by Gasteiger charge is 2.36. The van der Waals surface area contributed by atoms with Crippen LogP contribution in [-0.4, -0.2) is 41.8 Å². The first-order chi connectivity index (χ1) is 10.6. The molecule has 1 aliphatic heterocycles. The van der Waals surface area contributed by atoms with Gasteiger partial charge in [-0.05, 0) is 30.9 Å².